The van der Waals surface area contributed by atoms with Crippen LogP contribution in [-0.2, 0) is 19.2 Å². The fourth-order valence-electron chi connectivity index (χ4n) is 4.97. The Kier molecular flexibility index (Phi) is 4.17. The van der Waals surface area contributed by atoms with E-state index in [1.807, 2.05) is 30.1 Å². The van der Waals surface area contributed by atoms with Gasteiger partial charge in [0.15, 0.2) is 0 Å². The van der Waals surface area contributed by atoms with Crippen molar-refractivity contribution in [3.05, 3.63) is 53.2 Å². The largest absolute Gasteiger partial charge is 0.383 e. The number of fused-ring (bicyclic) bond motifs is 3. The van der Waals surface area contributed by atoms with Crippen molar-refractivity contribution >= 4 is 27.5 Å². The van der Waals surface area contributed by atoms with E-state index < -0.39 is 5.60 Å². The Bertz CT molecular complexity index is 979. The summed E-state index contributed by atoms with van der Waals surface area (Å²) in [6, 6.07) is 12.4. The van der Waals surface area contributed by atoms with E-state index in [4.69, 9.17) is 0 Å². The molecule has 2 fully saturated rings. The molecule has 2 aliphatic heterocycles. The minimum atomic E-state index is -0.903. The first-order valence-electron chi connectivity index (χ1n) is 9.78. The molecule has 0 aliphatic carbocycles. The van der Waals surface area contributed by atoms with E-state index in [1.165, 1.54) is 10.1 Å². The van der Waals surface area contributed by atoms with Crippen LogP contribution >= 0.6 is 11.3 Å². The Balaban J connectivity index is 1.28. The summed E-state index contributed by atoms with van der Waals surface area (Å²) in [5.74, 6) is 0. The van der Waals surface area contributed by atoms with Gasteiger partial charge in [0, 0.05) is 47.7 Å². The average molecular weight is 397 g/mol. The first-order valence-corrected chi connectivity index (χ1v) is 10.6. The van der Waals surface area contributed by atoms with E-state index in [0.717, 1.165) is 23.4 Å². The molecule has 2 amide bonds. The zero-order chi connectivity index (χ0) is 19.3. The van der Waals surface area contributed by atoms with Crippen molar-refractivity contribution < 1.29 is 9.90 Å². The molecule has 0 saturated carbocycles. The molecule has 2 bridgehead atoms. The minimum Gasteiger partial charge on any atom is -0.383 e. The summed E-state index contributed by atoms with van der Waals surface area (Å²) in [5, 5.41) is 19.8. The highest BCUT2D eigenvalue weighted by atomic mass is 32.1. The number of piperidine rings is 1. The van der Waals surface area contributed by atoms with Crippen molar-refractivity contribution in [2.24, 2.45) is 7.05 Å². The summed E-state index contributed by atoms with van der Waals surface area (Å²) < 4.78 is 2.99. The van der Waals surface area contributed by atoms with Gasteiger partial charge >= 0.3 is 6.03 Å². The molecule has 3 atom stereocenters. The maximum absolute atomic E-state index is 12.9. The van der Waals surface area contributed by atoms with Crippen molar-refractivity contribution in [2.75, 3.05) is 0 Å². The maximum atomic E-state index is 12.9. The lowest BCUT2D eigenvalue weighted by atomic mass is 9.83. The quantitative estimate of drug-likeness (QED) is 0.713. The highest BCUT2D eigenvalue weighted by molar-refractivity contribution is 7.19. The SMILES string of the molecule is Cn1nccc1C1(O)C[C@H]2CC[C@@H](C1)N2C(=O)NCc1cc2ccccc2s1. The third kappa shape index (κ3) is 2.89. The second-order valence-corrected chi connectivity index (χ2v) is 9.15. The van der Waals surface area contributed by atoms with Crippen LogP contribution in [0.3, 0.4) is 0 Å². The van der Waals surface area contributed by atoms with Crippen LogP contribution in [0.5, 0.6) is 0 Å². The van der Waals surface area contributed by atoms with Crippen LogP contribution in [0.25, 0.3) is 10.1 Å². The number of nitrogens with one attached hydrogen (secondary N) is 1. The Morgan fingerprint density at radius 2 is 2.04 bits per heavy atom. The van der Waals surface area contributed by atoms with Crippen LogP contribution in [0.15, 0.2) is 42.6 Å². The standard InChI is InChI=1S/C21H24N4O2S/c1-24-19(8-9-23-24)21(27)11-15-6-7-16(12-21)25(15)20(26)22-13-17-10-14-4-2-3-5-18(14)28-17/h2-5,8-10,15-16,27H,6-7,11-13H2,1H3,(H,22,26)/t15-,16+,21?. The van der Waals surface area contributed by atoms with Gasteiger partial charge in [-0.1, -0.05) is 18.2 Å². The Labute approximate surface area is 167 Å². The molecule has 146 valence electrons. The molecule has 28 heavy (non-hydrogen) atoms. The predicted octanol–water partition coefficient (Wildman–Crippen LogP) is 3.36. The fraction of sp³-hybridized carbons (Fsp3) is 0.429. The van der Waals surface area contributed by atoms with E-state index in [0.29, 0.717) is 19.4 Å². The van der Waals surface area contributed by atoms with Gasteiger partial charge in [-0.3, -0.25) is 4.68 Å². The van der Waals surface area contributed by atoms with Crippen LogP contribution in [0.1, 0.15) is 36.3 Å². The van der Waals surface area contributed by atoms with Crippen molar-refractivity contribution in [3.8, 4) is 0 Å². The molecule has 1 unspecified atom stereocenters. The second kappa shape index (κ2) is 6.60. The lowest BCUT2D eigenvalue weighted by Crippen LogP contribution is -2.55. The molecule has 7 heteroatoms. The second-order valence-electron chi connectivity index (χ2n) is 7.98. The highest BCUT2D eigenvalue weighted by Gasteiger charge is 2.51. The molecule has 2 N–H and O–H groups in total. The molecular formula is C21H24N4O2S. The Morgan fingerprint density at radius 3 is 2.71 bits per heavy atom. The number of aliphatic hydroxyl groups is 1. The average Bonchev–Trinajstić information content (AvgIpc) is 3.36. The summed E-state index contributed by atoms with van der Waals surface area (Å²) in [6.07, 6.45) is 4.75. The maximum Gasteiger partial charge on any atom is 0.318 e. The number of nitrogens with zero attached hydrogens (tertiary/aromatic N) is 3. The van der Waals surface area contributed by atoms with Crippen LogP contribution in [0.4, 0.5) is 4.79 Å². The van der Waals surface area contributed by atoms with Gasteiger partial charge in [-0.25, -0.2) is 4.79 Å². The molecule has 2 saturated heterocycles. The number of aromatic nitrogens is 2. The third-order valence-electron chi connectivity index (χ3n) is 6.19. The normalized spacial score (nSPS) is 26.7. The van der Waals surface area contributed by atoms with Crippen LogP contribution in [0.2, 0.25) is 0 Å². The van der Waals surface area contributed by atoms with E-state index in [-0.39, 0.29) is 18.1 Å². The van der Waals surface area contributed by atoms with E-state index in [1.54, 1.807) is 22.2 Å². The van der Waals surface area contributed by atoms with Gasteiger partial charge < -0.3 is 15.3 Å². The van der Waals surface area contributed by atoms with Crippen molar-refractivity contribution in [1.29, 1.82) is 0 Å². The molecule has 2 aliphatic rings. The predicted molar refractivity (Wildman–Crippen MR) is 109 cm³/mol. The van der Waals surface area contributed by atoms with E-state index in [9.17, 15) is 9.90 Å². The van der Waals surface area contributed by atoms with Crippen molar-refractivity contribution in [3.63, 3.8) is 0 Å². The summed E-state index contributed by atoms with van der Waals surface area (Å²) in [5.41, 5.74) is -0.0611. The number of thiophene rings is 1. The number of benzene rings is 1. The number of carbonyl (C=O) groups excluding carboxylic acids is 1. The molecule has 5 rings (SSSR count). The summed E-state index contributed by atoms with van der Waals surface area (Å²) in [7, 11) is 1.86. The van der Waals surface area contributed by atoms with Gasteiger partial charge in [-0.15, -0.1) is 11.3 Å². The molecule has 0 spiro atoms. The Morgan fingerprint density at radius 1 is 1.29 bits per heavy atom. The van der Waals surface area contributed by atoms with E-state index >= 15 is 0 Å². The van der Waals surface area contributed by atoms with Crippen molar-refractivity contribution in [1.82, 2.24) is 20.0 Å². The first kappa shape index (κ1) is 17.7. The monoisotopic (exact) mass is 396 g/mol. The number of hydrogen-bond acceptors (Lipinski definition) is 4. The molecular weight excluding hydrogens is 372 g/mol. The van der Waals surface area contributed by atoms with Gasteiger partial charge in [0.2, 0.25) is 0 Å². The molecule has 3 aromatic rings. The lowest BCUT2D eigenvalue weighted by molar-refractivity contribution is -0.0492. The summed E-state index contributed by atoms with van der Waals surface area (Å²) in [4.78, 5) is 16.1. The summed E-state index contributed by atoms with van der Waals surface area (Å²) >= 11 is 1.72. The lowest BCUT2D eigenvalue weighted by Gasteiger charge is -2.43. The molecule has 2 aromatic heterocycles. The number of rotatable bonds is 3. The number of aryl methyl sites for hydroxylation is 1. The Hall–Kier alpha value is -2.38. The summed E-state index contributed by atoms with van der Waals surface area (Å²) in [6.45, 7) is 0.542. The van der Waals surface area contributed by atoms with Crippen LogP contribution in [0, 0.1) is 0 Å². The van der Waals surface area contributed by atoms with Gasteiger partial charge in [0.05, 0.1) is 12.2 Å². The zero-order valence-corrected chi connectivity index (χ0v) is 16.7. The third-order valence-corrected chi connectivity index (χ3v) is 7.31. The molecule has 6 nitrogen and oxygen atoms in total. The smallest absolute Gasteiger partial charge is 0.318 e. The number of carbonyl (C=O) groups is 1. The number of urea groups is 1. The fourth-order valence-corrected chi connectivity index (χ4v) is 5.98. The molecule has 4 heterocycles. The topological polar surface area (TPSA) is 70.4 Å². The van der Waals surface area contributed by atoms with Gasteiger partial charge in [-0.2, -0.15) is 5.10 Å². The minimum absolute atomic E-state index is 0.0167. The van der Waals surface area contributed by atoms with Crippen LogP contribution in [-0.4, -0.2) is 37.9 Å². The number of amides is 2. The zero-order valence-electron chi connectivity index (χ0n) is 15.8. The van der Waals surface area contributed by atoms with Gasteiger partial charge in [0.1, 0.15) is 5.60 Å². The van der Waals surface area contributed by atoms with Crippen LogP contribution < -0.4 is 5.32 Å². The molecule has 0 radical (unpaired) electrons. The highest BCUT2D eigenvalue weighted by Crippen LogP contribution is 2.45. The van der Waals surface area contributed by atoms with Gasteiger partial charge in [-0.05, 0) is 36.4 Å². The molecule has 1 aromatic carbocycles. The van der Waals surface area contributed by atoms with E-state index in [2.05, 4.69) is 28.6 Å². The number of hydrogen-bond donors (Lipinski definition) is 2. The first-order chi connectivity index (χ1) is 13.5. The van der Waals surface area contributed by atoms with Gasteiger partial charge in [0.25, 0.3) is 0 Å². The van der Waals surface area contributed by atoms with Crippen molar-refractivity contribution in [2.45, 2.75) is 49.9 Å².